The Balaban J connectivity index is 0.962. The maximum absolute atomic E-state index is 2.43. The molecule has 2 aliphatic rings. The predicted octanol–water partition coefficient (Wildman–Crippen LogP) is 16.1. The number of fused-ring (bicyclic) bond motifs is 11. The summed E-state index contributed by atoms with van der Waals surface area (Å²) >= 11 is 1.91. The molecule has 0 unspecified atom stereocenters. The van der Waals surface area contributed by atoms with E-state index in [9.17, 15) is 0 Å². The average Bonchev–Trinajstić information content (AvgIpc) is 3.63. The summed E-state index contributed by atoms with van der Waals surface area (Å²) in [4.78, 5) is 4.97. The van der Waals surface area contributed by atoms with E-state index in [4.69, 9.17) is 0 Å². The Morgan fingerprint density at radius 3 is 1.31 bits per heavy atom. The largest absolute Gasteiger partial charge is 0.311 e. The van der Waals surface area contributed by atoms with Crippen molar-refractivity contribution < 1.29 is 0 Å². The minimum absolute atomic E-state index is 0.432. The van der Waals surface area contributed by atoms with Crippen LogP contribution in [0.3, 0.4) is 0 Å². The fourth-order valence-electron chi connectivity index (χ4n) is 9.98. The summed E-state index contributed by atoms with van der Waals surface area (Å²) in [6, 6.07) is 87.0. The Hall–Kier alpha value is -7.39. The first-order valence-corrected chi connectivity index (χ1v) is 21.8. The van der Waals surface area contributed by atoms with Gasteiger partial charge < -0.3 is 4.90 Å². The Morgan fingerprint density at radius 1 is 0.311 bits per heavy atom. The zero-order valence-electron chi connectivity index (χ0n) is 33.4. The number of hydrogen-bond donors (Lipinski definition) is 0. The van der Waals surface area contributed by atoms with E-state index >= 15 is 0 Å². The van der Waals surface area contributed by atoms with Crippen LogP contribution in [-0.4, -0.2) is 0 Å². The summed E-state index contributed by atoms with van der Waals surface area (Å²) in [6.45, 7) is 0. The van der Waals surface area contributed by atoms with Crippen molar-refractivity contribution in [2.75, 3.05) is 4.90 Å². The molecule has 0 radical (unpaired) electrons. The first kappa shape index (κ1) is 35.5. The monoisotopic (exact) mass is 793 g/mol. The van der Waals surface area contributed by atoms with Crippen molar-refractivity contribution in [1.82, 2.24) is 0 Å². The van der Waals surface area contributed by atoms with Crippen molar-refractivity contribution >= 4 is 39.6 Å². The van der Waals surface area contributed by atoms with Crippen LogP contribution in [0.5, 0.6) is 0 Å². The van der Waals surface area contributed by atoms with Crippen molar-refractivity contribution in [1.29, 1.82) is 0 Å². The van der Waals surface area contributed by atoms with Gasteiger partial charge in [-0.1, -0.05) is 200 Å². The summed E-state index contributed by atoms with van der Waals surface area (Å²) in [7, 11) is 0. The Morgan fingerprint density at radius 2 is 0.754 bits per heavy atom. The molecule has 0 saturated carbocycles. The molecule has 1 spiro atoms. The van der Waals surface area contributed by atoms with E-state index in [1.807, 2.05) is 11.8 Å². The van der Waals surface area contributed by atoms with Crippen LogP contribution in [0.4, 0.5) is 17.1 Å². The van der Waals surface area contributed by atoms with Crippen LogP contribution in [0.1, 0.15) is 22.3 Å². The van der Waals surface area contributed by atoms with Crippen molar-refractivity contribution in [2.24, 2.45) is 0 Å². The van der Waals surface area contributed by atoms with Gasteiger partial charge in [0.25, 0.3) is 0 Å². The second-order valence-corrected chi connectivity index (χ2v) is 17.1. The van der Waals surface area contributed by atoms with Gasteiger partial charge in [0.15, 0.2) is 0 Å². The fraction of sp³-hybridized carbons (Fsp3) is 0.0169. The lowest BCUT2D eigenvalue weighted by atomic mass is 9.66. The van der Waals surface area contributed by atoms with Gasteiger partial charge in [0.05, 0.1) is 5.41 Å². The lowest BCUT2D eigenvalue weighted by Gasteiger charge is -2.40. The number of benzene rings is 10. The number of nitrogens with zero attached hydrogens (tertiary/aromatic N) is 1. The van der Waals surface area contributed by atoms with Crippen LogP contribution in [-0.2, 0) is 5.41 Å². The van der Waals surface area contributed by atoms with Gasteiger partial charge in [-0.3, -0.25) is 0 Å². The second kappa shape index (κ2) is 14.4. The summed E-state index contributed by atoms with van der Waals surface area (Å²) in [5.41, 5.74) is 18.2. The van der Waals surface area contributed by atoms with Gasteiger partial charge in [0.2, 0.25) is 0 Å². The highest BCUT2D eigenvalue weighted by Crippen LogP contribution is 2.63. The molecule has 1 aliphatic carbocycles. The van der Waals surface area contributed by atoms with E-state index in [1.165, 1.54) is 87.3 Å². The van der Waals surface area contributed by atoms with E-state index in [0.717, 1.165) is 17.1 Å². The lowest BCUT2D eigenvalue weighted by Crippen LogP contribution is -2.32. The third kappa shape index (κ3) is 5.71. The molecule has 0 amide bonds. The van der Waals surface area contributed by atoms with Crippen LogP contribution in [0.25, 0.3) is 55.3 Å². The molecule has 286 valence electrons. The third-order valence-corrected chi connectivity index (χ3v) is 13.9. The molecule has 0 bridgehead atoms. The van der Waals surface area contributed by atoms with E-state index in [-0.39, 0.29) is 0 Å². The quantitative estimate of drug-likeness (QED) is 0.165. The SMILES string of the molecule is c1ccc(-c2ccc(N(c3ccc(-c4ccccc4)cc3)c3ccc(-c4ccc5c(c4)Sc4ccc6ccccc6c4C54c5ccccc5-c5ccccc54)cc3)cc2)cc1. The molecule has 12 rings (SSSR count). The van der Waals surface area contributed by atoms with Crippen LogP contribution < -0.4 is 4.90 Å². The van der Waals surface area contributed by atoms with Crippen molar-refractivity contribution in [2.45, 2.75) is 15.2 Å². The first-order valence-electron chi connectivity index (χ1n) is 21.0. The van der Waals surface area contributed by atoms with E-state index in [2.05, 4.69) is 241 Å². The smallest absolute Gasteiger partial charge is 0.0741 e. The Labute approximate surface area is 361 Å². The molecule has 2 heteroatoms. The maximum atomic E-state index is 2.43. The molecule has 0 fully saturated rings. The van der Waals surface area contributed by atoms with Gasteiger partial charge in [-0.15, -0.1) is 0 Å². The highest BCUT2D eigenvalue weighted by molar-refractivity contribution is 7.99. The van der Waals surface area contributed by atoms with Crippen LogP contribution in [0.2, 0.25) is 0 Å². The van der Waals surface area contributed by atoms with Gasteiger partial charge in [0.1, 0.15) is 0 Å². The Bertz CT molecular complexity index is 3110. The summed E-state index contributed by atoms with van der Waals surface area (Å²) in [5.74, 6) is 0. The minimum atomic E-state index is -0.432. The topological polar surface area (TPSA) is 3.24 Å². The Kier molecular flexibility index (Phi) is 8.40. The summed E-state index contributed by atoms with van der Waals surface area (Å²) in [6.07, 6.45) is 0. The maximum Gasteiger partial charge on any atom is 0.0741 e. The molecule has 0 N–H and O–H groups in total. The normalized spacial score (nSPS) is 13.0. The van der Waals surface area contributed by atoms with Gasteiger partial charge in [0, 0.05) is 26.9 Å². The standard InChI is InChI=1S/C59H39NS/c1-3-13-40(14-4-1)42-23-31-47(32-24-42)60(48-33-25-43(26-34-48)41-15-5-2-6-16-41)49-35-27-44(28-36-49)46-29-37-55-57(39-46)61-56-38-30-45-17-7-8-18-50(45)58(56)59(55)53-21-11-9-19-51(53)52-20-10-12-22-54(52)59/h1-39H. The zero-order valence-corrected chi connectivity index (χ0v) is 34.2. The fourth-order valence-corrected chi connectivity index (χ4v) is 11.2. The van der Waals surface area contributed by atoms with Crippen LogP contribution in [0, 0.1) is 0 Å². The number of rotatable bonds is 6. The zero-order chi connectivity index (χ0) is 40.3. The molecule has 1 aliphatic heterocycles. The third-order valence-electron chi connectivity index (χ3n) is 12.7. The van der Waals surface area contributed by atoms with Crippen LogP contribution >= 0.6 is 11.8 Å². The van der Waals surface area contributed by atoms with Crippen molar-refractivity contribution in [3.05, 3.63) is 259 Å². The van der Waals surface area contributed by atoms with E-state index in [0.29, 0.717) is 0 Å². The highest BCUT2D eigenvalue weighted by atomic mass is 32.2. The lowest BCUT2D eigenvalue weighted by molar-refractivity contribution is 0.731. The molecular formula is C59H39NS. The minimum Gasteiger partial charge on any atom is -0.311 e. The molecular weight excluding hydrogens is 755 g/mol. The molecule has 0 saturated heterocycles. The highest BCUT2D eigenvalue weighted by Gasteiger charge is 2.50. The van der Waals surface area contributed by atoms with E-state index < -0.39 is 5.41 Å². The molecule has 0 atom stereocenters. The van der Waals surface area contributed by atoms with Gasteiger partial charge in [-0.2, -0.15) is 0 Å². The summed E-state index contributed by atoms with van der Waals surface area (Å²) in [5, 5.41) is 2.59. The number of hydrogen-bond acceptors (Lipinski definition) is 2. The molecule has 1 nitrogen and oxygen atoms in total. The van der Waals surface area contributed by atoms with Gasteiger partial charge >= 0.3 is 0 Å². The van der Waals surface area contributed by atoms with E-state index in [1.54, 1.807) is 0 Å². The molecule has 0 aromatic heterocycles. The van der Waals surface area contributed by atoms with Crippen LogP contribution in [0.15, 0.2) is 246 Å². The molecule has 61 heavy (non-hydrogen) atoms. The predicted molar refractivity (Wildman–Crippen MR) is 256 cm³/mol. The van der Waals surface area contributed by atoms with Crippen molar-refractivity contribution in [3.8, 4) is 44.5 Å². The molecule has 1 heterocycles. The average molecular weight is 794 g/mol. The number of anilines is 3. The second-order valence-electron chi connectivity index (χ2n) is 16.0. The molecule has 10 aromatic rings. The molecule has 10 aromatic carbocycles. The van der Waals surface area contributed by atoms with Gasteiger partial charge in [-0.05, 0) is 126 Å². The van der Waals surface area contributed by atoms with Crippen molar-refractivity contribution in [3.63, 3.8) is 0 Å². The first-order chi connectivity index (χ1) is 30.2. The van der Waals surface area contributed by atoms with Gasteiger partial charge in [-0.25, -0.2) is 0 Å². The summed E-state index contributed by atoms with van der Waals surface area (Å²) < 4.78 is 0.